The number of hydrogen-bond acceptors (Lipinski definition) is 15. The Balaban J connectivity index is 1.11. The average Bonchev–Trinajstić information content (AvgIpc) is 3.86. The SMILES string of the molecule is O=[N+]([O-])c1cccc2c1nnn2[C@@H]1O[C@@H]2COP(=O)(S)O[C@H]3[C@@H](F)[C@H](n4cnc5c4ncn4ccnc54)O[C@@H]3COP(O)(=S)O[C@@H]1[C@@H]2F. The molecule has 0 amide bonds. The van der Waals surface area contributed by atoms with E-state index in [9.17, 15) is 19.6 Å². The summed E-state index contributed by atoms with van der Waals surface area (Å²) in [5, 5.41) is 19.3. The van der Waals surface area contributed by atoms with Gasteiger partial charge in [-0.1, -0.05) is 23.5 Å². The normalized spacial score (nSPS) is 36.2. The van der Waals surface area contributed by atoms with Crippen molar-refractivity contribution < 1.29 is 50.7 Å². The van der Waals surface area contributed by atoms with Gasteiger partial charge in [-0.3, -0.25) is 32.7 Å². The van der Waals surface area contributed by atoms with E-state index in [2.05, 4.69) is 37.5 Å². The molecule has 3 aliphatic rings. The van der Waals surface area contributed by atoms with Crippen molar-refractivity contribution in [1.29, 1.82) is 0 Å². The molecule has 4 aromatic heterocycles. The monoisotopic (exact) mass is 747 g/mol. The van der Waals surface area contributed by atoms with E-state index in [1.54, 1.807) is 16.8 Å². The highest BCUT2D eigenvalue weighted by Crippen LogP contribution is 2.58. The molecule has 2 bridgehead atoms. The molecule has 8 rings (SSSR count). The van der Waals surface area contributed by atoms with Gasteiger partial charge in [0.25, 0.3) is 5.69 Å². The molecule has 48 heavy (non-hydrogen) atoms. The third kappa shape index (κ3) is 5.42. The molecule has 254 valence electrons. The fraction of sp³-hybridized carbons (Fsp3) is 0.435. The van der Waals surface area contributed by atoms with Gasteiger partial charge in [-0.15, -0.1) is 5.10 Å². The Labute approximate surface area is 276 Å². The van der Waals surface area contributed by atoms with Gasteiger partial charge in [0.05, 0.1) is 30.0 Å². The first kappa shape index (κ1) is 32.1. The van der Waals surface area contributed by atoms with Gasteiger partial charge < -0.3 is 18.9 Å². The molecule has 19 nitrogen and oxygen atoms in total. The standard InChI is InChI=1S/C23H21F2N9O10P2S2/c24-14-12-6-39-45(37,47)43-18-13(42-22(15(18)25)32-9-27-17-20-26-4-5-31(20)8-28-21(17)32)7-40-46(38,48)44-19(14)23(41-12)33-10-2-1-3-11(34(35)36)16(10)29-30-33/h1-5,8-9,12-15,18-19,22-23H,6-7H2,(H,37,47)(H,38,48)/t12-,13-,14-,15-,18-,19-,22-,23-,45?,46?/m1/s1. The highest BCUT2D eigenvalue weighted by molar-refractivity contribution is 8.44. The first-order valence-corrected chi connectivity index (χ1v) is 19.2. The van der Waals surface area contributed by atoms with E-state index < -0.39 is 80.9 Å². The number of imidazole rings is 2. The summed E-state index contributed by atoms with van der Waals surface area (Å²) in [4.78, 5) is 34.8. The van der Waals surface area contributed by atoms with Crippen LogP contribution >= 0.6 is 25.8 Å². The number of halogens is 2. The summed E-state index contributed by atoms with van der Waals surface area (Å²) in [6.07, 6.45) is -7.49. The van der Waals surface area contributed by atoms with E-state index in [1.807, 2.05) is 0 Å². The third-order valence-corrected chi connectivity index (χ3v) is 11.2. The molecular formula is C23H21F2N9O10P2S2. The lowest BCUT2D eigenvalue weighted by Gasteiger charge is -2.26. The lowest BCUT2D eigenvalue weighted by molar-refractivity contribution is -0.383. The van der Waals surface area contributed by atoms with Crippen LogP contribution in [-0.2, 0) is 43.9 Å². The van der Waals surface area contributed by atoms with E-state index in [4.69, 9.17) is 39.4 Å². The molecule has 3 fully saturated rings. The minimum Gasteiger partial charge on any atom is -0.346 e. The summed E-state index contributed by atoms with van der Waals surface area (Å²) >= 11 is 9.17. The van der Waals surface area contributed by atoms with Crippen LogP contribution in [0.25, 0.3) is 27.8 Å². The maximum absolute atomic E-state index is 16.2. The van der Waals surface area contributed by atoms with Crippen molar-refractivity contribution in [2.75, 3.05) is 13.2 Å². The van der Waals surface area contributed by atoms with Crippen molar-refractivity contribution in [2.24, 2.45) is 0 Å². The Morgan fingerprint density at radius 3 is 2.60 bits per heavy atom. The zero-order valence-corrected chi connectivity index (χ0v) is 27.2. The molecule has 7 heterocycles. The van der Waals surface area contributed by atoms with Crippen molar-refractivity contribution in [3.8, 4) is 0 Å². The van der Waals surface area contributed by atoms with Crippen LogP contribution in [0.2, 0.25) is 0 Å². The summed E-state index contributed by atoms with van der Waals surface area (Å²) < 4.78 is 83.1. The molecular weight excluding hydrogens is 726 g/mol. The molecule has 0 spiro atoms. The van der Waals surface area contributed by atoms with Gasteiger partial charge in [-0.25, -0.2) is 33.0 Å². The Kier molecular flexibility index (Phi) is 7.88. The molecule has 0 aliphatic carbocycles. The number of alkyl halides is 2. The molecule has 25 heteroatoms. The third-order valence-electron chi connectivity index (χ3n) is 7.99. The summed E-state index contributed by atoms with van der Waals surface area (Å²) in [6.45, 7) is -10.3. The number of benzene rings is 1. The largest absolute Gasteiger partial charge is 0.386 e. The van der Waals surface area contributed by atoms with Crippen molar-refractivity contribution >= 4 is 71.1 Å². The lowest BCUT2D eigenvalue weighted by Crippen LogP contribution is -2.34. The summed E-state index contributed by atoms with van der Waals surface area (Å²) in [5.74, 6) is 0. The van der Waals surface area contributed by atoms with Gasteiger partial charge in [-0.05, 0) is 17.9 Å². The van der Waals surface area contributed by atoms with Crippen LogP contribution in [0.15, 0.2) is 43.2 Å². The van der Waals surface area contributed by atoms with Gasteiger partial charge in [0, 0.05) is 18.5 Å². The van der Waals surface area contributed by atoms with Crippen LogP contribution in [-0.4, -0.2) is 98.7 Å². The maximum atomic E-state index is 16.2. The van der Waals surface area contributed by atoms with E-state index in [-0.39, 0.29) is 22.4 Å². The van der Waals surface area contributed by atoms with Gasteiger partial charge >= 0.3 is 13.5 Å². The molecule has 3 saturated heterocycles. The zero-order chi connectivity index (χ0) is 33.5. The molecule has 5 aromatic rings. The number of nitro groups is 1. The molecule has 0 saturated carbocycles. The molecule has 10 atom stereocenters. The quantitative estimate of drug-likeness (QED) is 0.117. The van der Waals surface area contributed by atoms with E-state index >= 15 is 8.78 Å². The van der Waals surface area contributed by atoms with Crippen LogP contribution in [0.1, 0.15) is 12.5 Å². The summed E-state index contributed by atoms with van der Waals surface area (Å²) in [5.41, 5.74) is 0.598. The number of rotatable bonds is 3. The van der Waals surface area contributed by atoms with Gasteiger partial charge in [-0.2, -0.15) is 0 Å². The second-order valence-corrected chi connectivity index (χ2v) is 16.5. The van der Waals surface area contributed by atoms with Crippen LogP contribution in [0, 0.1) is 10.1 Å². The van der Waals surface area contributed by atoms with Crippen molar-refractivity contribution in [3.63, 3.8) is 0 Å². The van der Waals surface area contributed by atoms with Gasteiger partial charge in [0.2, 0.25) is 0 Å². The van der Waals surface area contributed by atoms with Crippen LogP contribution in [0.3, 0.4) is 0 Å². The van der Waals surface area contributed by atoms with Crippen LogP contribution in [0.5, 0.6) is 0 Å². The topological polar surface area (TPSA) is 215 Å². The smallest absolute Gasteiger partial charge is 0.346 e. The van der Waals surface area contributed by atoms with Crippen molar-refractivity contribution in [3.05, 3.63) is 53.4 Å². The molecule has 1 N–H and O–H groups in total. The van der Waals surface area contributed by atoms with Crippen molar-refractivity contribution in [2.45, 2.75) is 49.2 Å². The number of ether oxygens (including phenoxy) is 2. The molecule has 3 aliphatic heterocycles. The lowest BCUT2D eigenvalue weighted by atomic mass is 10.1. The maximum Gasteiger partial charge on any atom is 0.386 e. The molecule has 2 unspecified atom stereocenters. The summed E-state index contributed by atoms with van der Waals surface area (Å²) in [6, 6.07) is 4.00. The zero-order valence-electron chi connectivity index (χ0n) is 23.7. The average molecular weight is 748 g/mol. The Morgan fingerprint density at radius 2 is 1.79 bits per heavy atom. The van der Waals surface area contributed by atoms with E-state index in [0.717, 1.165) is 4.68 Å². The highest BCUT2D eigenvalue weighted by atomic mass is 32.7. The Hall–Kier alpha value is -3.08. The van der Waals surface area contributed by atoms with Crippen molar-refractivity contribution in [1.82, 2.24) is 38.9 Å². The highest BCUT2D eigenvalue weighted by Gasteiger charge is 2.54. The second-order valence-electron chi connectivity index (χ2n) is 10.9. The first-order chi connectivity index (χ1) is 22.9. The first-order valence-electron chi connectivity index (χ1n) is 13.9. The predicted molar refractivity (Wildman–Crippen MR) is 163 cm³/mol. The number of nitro benzene ring substituents is 1. The fourth-order valence-electron chi connectivity index (χ4n) is 5.84. The van der Waals surface area contributed by atoms with Gasteiger partial charge in [0.15, 0.2) is 47.1 Å². The van der Waals surface area contributed by atoms with E-state index in [0.29, 0.717) is 11.2 Å². The van der Waals surface area contributed by atoms with Crippen LogP contribution in [0.4, 0.5) is 14.5 Å². The number of nitrogens with zero attached hydrogens (tertiary/aromatic N) is 9. The minimum atomic E-state index is -4.47. The minimum absolute atomic E-state index is 0.0743. The number of aromatic nitrogens is 8. The molecule has 0 radical (unpaired) electrons. The Bertz CT molecular complexity index is 2170. The van der Waals surface area contributed by atoms with E-state index in [1.165, 1.54) is 35.4 Å². The predicted octanol–water partition coefficient (Wildman–Crippen LogP) is 2.98. The van der Waals surface area contributed by atoms with Crippen LogP contribution < -0.4 is 0 Å². The number of fused-ring (bicyclic) bond motifs is 7. The number of thiol groups is 1. The summed E-state index contributed by atoms with van der Waals surface area (Å²) in [7, 11) is 0. The van der Waals surface area contributed by atoms with Gasteiger partial charge in [0.1, 0.15) is 30.7 Å². The fourth-order valence-corrected chi connectivity index (χ4v) is 8.72. The second kappa shape index (κ2) is 11.8. The molecule has 1 aromatic carbocycles. The Morgan fingerprint density at radius 1 is 1.00 bits per heavy atom. The number of non-ortho nitro benzene ring substituents is 1. The number of hydrogen-bond donors (Lipinski definition) is 2.